The van der Waals surface area contributed by atoms with Crippen molar-refractivity contribution in [2.45, 2.75) is 45.8 Å². The highest BCUT2D eigenvalue weighted by atomic mass is 16.3. The SMILES string of the molecule is CCCC(=O)Nc1cccc(CN=C(NCC)N2CC[C@@H](O)C2)c1. The third-order valence-electron chi connectivity index (χ3n) is 3.90. The number of guanidine groups is 1. The van der Waals surface area contributed by atoms with Gasteiger partial charge in [-0.15, -0.1) is 0 Å². The van der Waals surface area contributed by atoms with E-state index in [2.05, 4.69) is 20.5 Å². The van der Waals surface area contributed by atoms with Crippen LogP contribution in [0, 0.1) is 0 Å². The lowest BCUT2D eigenvalue weighted by molar-refractivity contribution is -0.116. The molecule has 1 atom stereocenters. The Bertz CT molecular complexity index is 574. The quantitative estimate of drug-likeness (QED) is 0.550. The standard InChI is InChI=1S/C18H28N4O2/c1-3-6-17(24)21-15-8-5-7-14(11-15)12-20-18(19-4-2)22-10-9-16(23)13-22/h5,7-8,11,16,23H,3-4,6,9-10,12-13H2,1-2H3,(H,19,20)(H,21,24)/t16-/m1/s1. The van der Waals surface area contributed by atoms with Crippen molar-refractivity contribution in [1.82, 2.24) is 10.2 Å². The maximum atomic E-state index is 11.7. The number of carbonyl (C=O) groups is 1. The van der Waals surface area contributed by atoms with Gasteiger partial charge in [-0.25, -0.2) is 4.99 Å². The van der Waals surface area contributed by atoms with Gasteiger partial charge in [0.25, 0.3) is 0 Å². The molecular formula is C18H28N4O2. The number of carbonyl (C=O) groups excluding carboxylic acids is 1. The molecule has 1 aliphatic rings. The highest BCUT2D eigenvalue weighted by Gasteiger charge is 2.22. The number of hydrogen-bond donors (Lipinski definition) is 3. The monoisotopic (exact) mass is 332 g/mol. The van der Waals surface area contributed by atoms with Gasteiger partial charge in [-0.05, 0) is 37.5 Å². The van der Waals surface area contributed by atoms with Gasteiger partial charge in [-0.1, -0.05) is 19.1 Å². The minimum atomic E-state index is -0.272. The van der Waals surface area contributed by atoms with E-state index in [0.717, 1.165) is 43.1 Å². The highest BCUT2D eigenvalue weighted by molar-refractivity contribution is 5.90. The summed E-state index contributed by atoms with van der Waals surface area (Å²) in [5.74, 6) is 0.868. The number of nitrogens with one attached hydrogen (secondary N) is 2. The molecule has 0 aliphatic carbocycles. The Morgan fingerprint density at radius 2 is 2.25 bits per heavy atom. The summed E-state index contributed by atoms with van der Waals surface area (Å²) in [4.78, 5) is 18.4. The van der Waals surface area contributed by atoms with Crippen LogP contribution in [0.15, 0.2) is 29.3 Å². The molecule has 1 amide bonds. The van der Waals surface area contributed by atoms with E-state index < -0.39 is 0 Å². The van der Waals surface area contributed by atoms with Crippen molar-refractivity contribution in [2.75, 3.05) is 25.0 Å². The first-order chi connectivity index (χ1) is 11.6. The summed E-state index contributed by atoms with van der Waals surface area (Å²) in [6, 6.07) is 7.78. The second-order valence-corrected chi connectivity index (χ2v) is 6.06. The van der Waals surface area contributed by atoms with Gasteiger partial charge in [0.05, 0.1) is 12.6 Å². The average molecular weight is 332 g/mol. The topological polar surface area (TPSA) is 77.0 Å². The molecule has 0 unspecified atom stereocenters. The van der Waals surface area contributed by atoms with Crippen molar-refractivity contribution in [2.24, 2.45) is 4.99 Å². The predicted octanol–water partition coefficient (Wildman–Crippen LogP) is 1.96. The predicted molar refractivity (Wildman–Crippen MR) is 97.0 cm³/mol. The number of nitrogens with zero attached hydrogens (tertiary/aromatic N) is 2. The fourth-order valence-corrected chi connectivity index (χ4v) is 2.72. The van der Waals surface area contributed by atoms with Crippen molar-refractivity contribution >= 4 is 17.6 Å². The molecule has 1 aromatic rings. The second kappa shape index (κ2) is 9.27. The lowest BCUT2D eigenvalue weighted by atomic mass is 10.2. The van der Waals surface area contributed by atoms with E-state index in [4.69, 9.17) is 0 Å². The Morgan fingerprint density at radius 1 is 1.42 bits per heavy atom. The van der Waals surface area contributed by atoms with Crippen molar-refractivity contribution in [3.63, 3.8) is 0 Å². The zero-order valence-electron chi connectivity index (χ0n) is 14.6. The summed E-state index contributed by atoms with van der Waals surface area (Å²) in [6.07, 6.45) is 1.88. The Balaban J connectivity index is 2.01. The van der Waals surface area contributed by atoms with E-state index in [9.17, 15) is 9.90 Å². The fourth-order valence-electron chi connectivity index (χ4n) is 2.72. The van der Waals surface area contributed by atoms with Crippen LogP contribution in [0.5, 0.6) is 0 Å². The highest BCUT2D eigenvalue weighted by Crippen LogP contribution is 2.13. The van der Waals surface area contributed by atoms with E-state index in [1.54, 1.807) is 0 Å². The number of likely N-dealkylation sites (tertiary alicyclic amines) is 1. The molecule has 1 saturated heterocycles. The van der Waals surface area contributed by atoms with Gasteiger partial charge in [-0.2, -0.15) is 0 Å². The Labute approximate surface area is 144 Å². The number of benzene rings is 1. The first-order valence-electron chi connectivity index (χ1n) is 8.72. The van der Waals surface area contributed by atoms with Crippen molar-refractivity contribution < 1.29 is 9.90 Å². The molecule has 1 fully saturated rings. The Morgan fingerprint density at radius 3 is 2.92 bits per heavy atom. The van der Waals surface area contributed by atoms with E-state index in [1.165, 1.54) is 0 Å². The van der Waals surface area contributed by atoms with E-state index in [0.29, 0.717) is 19.5 Å². The van der Waals surface area contributed by atoms with Gasteiger partial charge in [0.15, 0.2) is 5.96 Å². The average Bonchev–Trinajstić information content (AvgIpc) is 2.98. The first kappa shape index (κ1) is 18.3. The van der Waals surface area contributed by atoms with Gasteiger partial charge >= 0.3 is 0 Å². The maximum absolute atomic E-state index is 11.7. The van der Waals surface area contributed by atoms with Crippen LogP contribution < -0.4 is 10.6 Å². The summed E-state index contributed by atoms with van der Waals surface area (Å²) < 4.78 is 0. The molecule has 1 aromatic carbocycles. The molecule has 24 heavy (non-hydrogen) atoms. The summed E-state index contributed by atoms with van der Waals surface area (Å²) in [6.45, 7) is 6.79. The van der Waals surface area contributed by atoms with Crippen LogP contribution in [0.2, 0.25) is 0 Å². The van der Waals surface area contributed by atoms with Gasteiger partial charge in [0.2, 0.25) is 5.91 Å². The molecule has 0 aromatic heterocycles. The van der Waals surface area contributed by atoms with Gasteiger partial charge in [0.1, 0.15) is 0 Å². The number of rotatable bonds is 6. The number of aliphatic hydroxyl groups excluding tert-OH is 1. The summed E-state index contributed by atoms with van der Waals surface area (Å²) in [5, 5.41) is 15.9. The molecule has 0 bridgehead atoms. The largest absolute Gasteiger partial charge is 0.391 e. The van der Waals surface area contributed by atoms with E-state index in [1.807, 2.05) is 38.1 Å². The van der Waals surface area contributed by atoms with E-state index >= 15 is 0 Å². The number of aliphatic imine (C=N–C) groups is 1. The van der Waals surface area contributed by atoms with Crippen LogP contribution in [0.25, 0.3) is 0 Å². The molecule has 6 heteroatoms. The zero-order chi connectivity index (χ0) is 17.4. The minimum absolute atomic E-state index is 0.0394. The number of β-amino-alcohol motifs (C(OH)–C–C–N with tert-alkyl or cyclic N) is 1. The molecule has 0 radical (unpaired) electrons. The molecule has 0 saturated carbocycles. The fraction of sp³-hybridized carbons (Fsp3) is 0.556. The molecule has 1 heterocycles. The molecule has 6 nitrogen and oxygen atoms in total. The van der Waals surface area contributed by atoms with E-state index in [-0.39, 0.29) is 12.0 Å². The number of amides is 1. The lowest BCUT2D eigenvalue weighted by Gasteiger charge is -2.21. The van der Waals surface area contributed by atoms with Crippen LogP contribution in [0.1, 0.15) is 38.7 Å². The third-order valence-corrected chi connectivity index (χ3v) is 3.90. The maximum Gasteiger partial charge on any atom is 0.224 e. The van der Waals surface area contributed by atoms with Crippen LogP contribution in [-0.4, -0.2) is 47.6 Å². The molecule has 1 aliphatic heterocycles. The van der Waals surface area contributed by atoms with Crippen LogP contribution in [0.4, 0.5) is 5.69 Å². The lowest BCUT2D eigenvalue weighted by Crippen LogP contribution is -2.40. The number of hydrogen-bond acceptors (Lipinski definition) is 3. The molecule has 132 valence electrons. The molecule has 2 rings (SSSR count). The molecular weight excluding hydrogens is 304 g/mol. The summed E-state index contributed by atoms with van der Waals surface area (Å²) in [5.41, 5.74) is 1.85. The smallest absolute Gasteiger partial charge is 0.224 e. The van der Waals surface area contributed by atoms with Gasteiger partial charge in [-0.3, -0.25) is 4.79 Å². The Kier molecular flexibility index (Phi) is 7.06. The van der Waals surface area contributed by atoms with Crippen LogP contribution in [-0.2, 0) is 11.3 Å². The number of aliphatic hydroxyl groups is 1. The number of anilines is 1. The zero-order valence-corrected chi connectivity index (χ0v) is 14.6. The van der Waals surface area contributed by atoms with Crippen LogP contribution >= 0.6 is 0 Å². The van der Waals surface area contributed by atoms with Crippen molar-refractivity contribution in [1.29, 1.82) is 0 Å². The minimum Gasteiger partial charge on any atom is -0.391 e. The molecule has 0 spiro atoms. The normalized spacial score (nSPS) is 17.9. The van der Waals surface area contributed by atoms with Gasteiger partial charge < -0.3 is 20.6 Å². The first-order valence-corrected chi connectivity index (χ1v) is 8.72. The Hall–Kier alpha value is -2.08. The third kappa shape index (κ3) is 5.53. The van der Waals surface area contributed by atoms with Crippen LogP contribution in [0.3, 0.4) is 0 Å². The molecule has 3 N–H and O–H groups in total. The summed E-state index contributed by atoms with van der Waals surface area (Å²) >= 11 is 0. The van der Waals surface area contributed by atoms with Gasteiger partial charge in [0, 0.05) is 31.7 Å². The van der Waals surface area contributed by atoms with Crippen molar-refractivity contribution in [3.8, 4) is 0 Å². The van der Waals surface area contributed by atoms with Crippen molar-refractivity contribution in [3.05, 3.63) is 29.8 Å². The summed E-state index contributed by atoms with van der Waals surface area (Å²) in [7, 11) is 0. The second-order valence-electron chi connectivity index (χ2n) is 6.06.